The summed E-state index contributed by atoms with van der Waals surface area (Å²) in [6, 6.07) is 5.42. The number of likely N-dealkylation sites (tertiary alicyclic amines) is 1. The van der Waals surface area contributed by atoms with Crippen LogP contribution in [0.4, 0.5) is 8.78 Å². The van der Waals surface area contributed by atoms with E-state index in [4.69, 9.17) is 4.98 Å². The summed E-state index contributed by atoms with van der Waals surface area (Å²) in [5.74, 6) is -3.24. The molecule has 1 saturated heterocycles. The van der Waals surface area contributed by atoms with E-state index in [-0.39, 0.29) is 6.42 Å². The molecule has 1 aliphatic rings. The first kappa shape index (κ1) is 18.4. The second-order valence-electron chi connectivity index (χ2n) is 7.27. The van der Waals surface area contributed by atoms with Crippen molar-refractivity contribution in [3.8, 4) is 11.3 Å². The molecule has 0 saturated carbocycles. The van der Waals surface area contributed by atoms with Gasteiger partial charge in [-0.3, -0.25) is 4.79 Å². The second-order valence-corrected chi connectivity index (χ2v) is 7.27. The zero-order valence-corrected chi connectivity index (χ0v) is 15.7. The number of pyridine rings is 1. The Bertz CT molecular complexity index is 1050. The van der Waals surface area contributed by atoms with Crippen LogP contribution < -0.4 is 0 Å². The Morgan fingerprint density at radius 2 is 1.93 bits per heavy atom. The average Bonchev–Trinajstić information content (AvgIpc) is 2.69. The number of carbonyl (C=O) groups excluding carboxylic acids is 1. The summed E-state index contributed by atoms with van der Waals surface area (Å²) in [6.07, 6.45) is 4.77. The van der Waals surface area contributed by atoms with E-state index in [1.165, 1.54) is 11.2 Å². The Balaban J connectivity index is 1.89. The van der Waals surface area contributed by atoms with E-state index in [1.807, 2.05) is 26.0 Å². The van der Waals surface area contributed by atoms with Gasteiger partial charge < -0.3 is 4.90 Å². The highest BCUT2D eigenvalue weighted by Gasteiger charge is 2.37. The molecule has 1 amide bonds. The molecule has 1 aromatic carbocycles. The molecule has 0 N–H and O–H groups in total. The standard InChI is InChI=1S/C21H20F2N4O/c1-13-4-5-16-17(20(28)27-7-3-6-21(22,23)11-27)8-18(26-19(16)14(13)2)15-9-24-12-25-10-15/h4-5,8-10,12H,3,6-7,11H2,1-2H3. The van der Waals surface area contributed by atoms with Crippen molar-refractivity contribution in [1.29, 1.82) is 0 Å². The first-order valence-electron chi connectivity index (χ1n) is 9.19. The molecule has 5 nitrogen and oxygen atoms in total. The normalized spacial score (nSPS) is 16.4. The number of carbonyl (C=O) groups is 1. The molecule has 1 fully saturated rings. The maximum atomic E-state index is 13.9. The van der Waals surface area contributed by atoms with Crippen LogP contribution in [0.5, 0.6) is 0 Å². The van der Waals surface area contributed by atoms with E-state index in [9.17, 15) is 13.6 Å². The summed E-state index contributed by atoms with van der Waals surface area (Å²) in [5.41, 5.74) is 4.29. The third-order valence-electron chi connectivity index (χ3n) is 5.27. The van der Waals surface area contributed by atoms with Gasteiger partial charge in [-0.1, -0.05) is 12.1 Å². The van der Waals surface area contributed by atoms with Gasteiger partial charge in [-0.15, -0.1) is 0 Å². The van der Waals surface area contributed by atoms with Gasteiger partial charge in [-0.05, 0) is 37.5 Å². The minimum Gasteiger partial charge on any atom is -0.333 e. The fourth-order valence-electron chi connectivity index (χ4n) is 3.60. The number of alkyl halides is 2. The molecule has 4 rings (SSSR count). The van der Waals surface area contributed by atoms with Crippen molar-refractivity contribution < 1.29 is 13.6 Å². The maximum Gasteiger partial charge on any atom is 0.265 e. The van der Waals surface area contributed by atoms with Crippen LogP contribution in [-0.2, 0) is 0 Å². The SMILES string of the molecule is Cc1ccc2c(C(=O)N3CCCC(F)(F)C3)cc(-c3cncnc3)nc2c1C. The highest BCUT2D eigenvalue weighted by molar-refractivity contribution is 6.08. The van der Waals surface area contributed by atoms with Gasteiger partial charge in [0.1, 0.15) is 6.33 Å². The zero-order valence-electron chi connectivity index (χ0n) is 15.7. The maximum absolute atomic E-state index is 13.9. The molecule has 144 valence electrons. The number of hydrogen-bond donors (Lipinski definition) is 0. The lowest BCUT2D eigenvalue weighted by molar-refractivity contribution is -0.0560. The van der Waals surface area contributed by atoms with E-state index in [0.29, 0.717) is 40.7 Å². The molecule has 0 bridgehead atoms. The molecule has 3 heterocycles. The van der Waals surface area contributed by atoms with E-state index in [1.54, 1.807) is 18.5 Å². The summed E-state index contributed by atoms with van der Waals surface area (Å²) >= 11 is 0. The van der Waals surface area contributed by atoms with Crippen molar-refractivity contribution in [2.24, 2.45) is 0 Å². The number of amides is 1. The molecule has 1 aliphatic heterocycles. The smallest absolute Gasteiger partial charge is 0.265 e. The highest BCUT2D eigenvalue weighted by atomic mass is 19.3. The Labute approximate surface area is 161 Å². The van der Waals surface area contributed by atoms with Crippen LogP contribution >= 0.6 is 0 Å². The molecule has 0 aliphatic carbocycles. The third-order valence-corrected chi connectivity index (χ3v) is 5.27. The van der Waals surface area contributed by atoms with Crippen LogP contribution in [0.2, 0.25) is 0 Å². The third kappa shape index (κ3) is 3.32. The molecular formula is C21H20F2N4O. The molecule has 7 heteroatoms. The predicted octanol–water partition coefficient (Wildman–Crippen LogP) is 4.18. The van der Waals surface area contributed by atoms with Crippen LogP contribution in [0.1, 0.15) is 34.3 Å². The lowest BCUT2D eigenvalue weighted by Gasteiger charge is -2.32. The number of piperidine rings is 1. The number of aromatic nitrogens is 3. The number of halogens is 2. The number of rotatable bonds is 2. The molecule has 0 unspecified atom stereocenters. The Kier molecular flexibility index (Phi) is 4.53. The van der Waals surface area contributed by atoms with E-state index < -0.39 is 18.4 Å². The number of hydrogen-bond acceptors (Lipinski definition) is 4. The van der Waals surface area contributed by atoms with Gasteiger partial charge in [0.15, 0.2) is 0 Å². The first-order valence-corrected chi connectivity index (χ1v) is 9.19. The molecule has 0 spiro atoms. The van der Waals surface area contributed by atoms with Crippen molar-refractivity contribution in [1.82, 2.24) is 19.9 Å². The quantitative estimate of drug-likeness (QED) is 0.667. The van der Waals surface area contributed by atoms with Crippen LogP contribution in [0, 0.1) is 13.8 Å². The molecule has 28 heavy (non-hydrogen) atoms. The Hall–Kier alpha value is -2.96. The zero-order chi connectivity index (χ0) is 19.9. The van der Waals surface area contributed by atoms with Crippen molar-refractivity contribution in [3.05, 3.63) is 53.6 Å². The Morgan fingerprint density at radius 3 is 2.64 bits per heavy atom. The largest absolute Gasteiger partial charge is 0.333 e. The van der Waals surface area contributed by atoms with Crippen LogP contribution in [-0.4, -0.2) is 44.8 Å². The number of benzene rings is 1. The van der Waals surface area contributed by atoms with Gasteiger partial charge in [0.05, 0.1) is 23.3 Å². The summed E-state index contributed by atoms with van der Waals surface area (Å²) in [7, 11) is 0. The average molecular weight is 382 g/mol. The molecule has 0 atom stereocenters. The summed E-state index contributed by atoms with van der Waals surface area (Å²) in [4.78, 5) is 27.2. The second kappa shape index (κ2) is 6.89. The Morgan fingerprint density at radius 1 is 1.18 bits per heavy atom. The summed E-state index contributed by atoms with van der Waals surface area (Å²) in [6.45, 7) is 3.69. The predicted molar refractivity (Wildman–Crippen MR) is 102 cm³/mol. The van der Waals surface area contributed by atoms with Crippen LogP contribution in [0.3, 0.4) is 0 Å². The minimum absolute atomic E-state index is 0.182. The van der Waals surface area contributed by atoms with Crippen molar-refractivity contribution >= 4 is 16.8 Å². The van der Waals surface area contributed by atoms with Gasteiger partial charge in [-0.25, -0.2) is 23.7 Å². The van der Waals surface area contributed by atoms with Gasteiger partial charge in [-0.2, -0.15) is 0 Å². The number of aryl methyl sites for hydroxylation is 2. The van der Waals surface area contributed by atoms with Crippen molar-refractivity contribution in [2.75, 3.05) is 13.1 Å². The summed E-state index contributed by atoms with van der Waals surface area (Å²) < 4.78 is 27.8. The molecule has 0 radical (unpaired) electrons. The highest BCUT2D eigenvalue weighted by Crippen LogP contribution is 2.31. The van der Waals surface area contributed by atoms with Crippen LogP contribution in [0.25, 0.3) is 22.2 Å². The monoisotopic (exact) mass is 382 g/mol. The first-order chi connectivity index (χ1) is 13.4. The topological polar surface area (TPSA) is 59.0 Å². The van der Waals surface area contributed by atoms with E-state index in [0.717, 1.165) is 11.1 Å². The summed E-state index contributed by atoms with van der Waals surface area (Å²) in [5, 5.41) is 0.669. The fourth-order valence-corrected chi connectivity index (χ4v) is 3.60. The van der Waals surface area contributed by atoms with Gasteiger partial charge in [0.25, 0.3) is 11.8 Å². The lowest BCUT2D eigenvalue weighted by atomic mass is 9.98. The molecule has 2 aromatic heterocycles. The van der Waals surface area contributed by atoms with Crippen molar-refractivity contribution in [3.63, 3.8) is 0 Å². The van der Waals surface area contributed by atoms with Crippen LogP contribution in [0.15, 0.2) is 36.9 Å². The minimum atomic E-state index is -2.85. The van der Waals surface area contributed by atoms with Gasteiger partial charge in [0, 0.05) is 36.3 Å². The molecular weight excluding hydrogens is 362 g/mol. The number of nitrogens with zero attached hydrogens (tertiary/aromatic N) is 4. The molecule has 3 aromatic rings. The number of fused-ring (bicyclic) bond motifs is 1. The van der Waals surface area contributed by atoms with E-state index in [2.05, 4.69) is 9.97 Å². The van der Waals surface area contributed by atoms with Gasteiger partial charge >= 0.3 is 0 Å². The fraction of sp³-hybridized carbons (Fsp3) is 0.333. The lowest BCUT2D eigenvalue weighted by Crippen LogP contribution is -2.45. The van der Waals surface area contributed by atoms with E-state index >= 15 is 0 Å². The van der Waals surface area contributed by atoms with Crippen molar-refractivity contribution in [2.45, 2.75) is 32.6 Å². The van der Waals surface area contributed by atoms with Gasteiger partial charge in [0.2, 0.25) is 0 Å².